The number of ether oxygens (including phenoxy) is 2. The molecule has 0 heterocycles. The third-order valence-electron chi connectivity index (χ3n) is 2.79. The van der Waals surface area contributed by atoms with Crippen LogP contribution in [-0.4, -0.2) is 20.3 Å². The van der Waals surface area contributed by atoms with Crippen LogP contribution in [0.3, 0.4) is 0 Å². The van der Waals surface area contributed by atoms with Crippen molar-refractivity contribution in [3.63, 3.8) is 0 Å². The summed E-state index contributed by atoms with van der Waals surface area (Å²) in [5.41, 5.74) is 1.15. The van der Waals surface area contributed by atoms with Gasteiger partial charge in [-0.15, -0.1) is 0 Å². The molecule has 2 aromatic rings. The highest BCUT2D eigenvalue weighted by atomic mass is 35.5. The van der Waals surface area contributed by atoms with Gasteiger partial charge < -0.3 is 14.8 Å². The topological polar surface area (TPSA) is 30.5 Å². The molecule has 0 unspecified atom stereocenters. The molecule has 1 N–H and O–H groups in total. The predicted molar refractivity (Wildman–Crippen MR) is 81.6 cm³/mol. The van der Waals surface area contributed by atoms with Crippen molar-refractivity contribution < 1.29 is 13.9 Å². The molecule has 0 aliphatic heterocycles. The molecule has 0 atom stereocenters. The lowest BCUT2D eigenvalue weighted by atomic mass is 10.2. The fraction of sp³-hybridized carbons (Fsp3) is 0.250. The van der Waals surface area contributed by atoms with E-state index in [1.807, 2.05) is 31.3 Å². The molecule has 5 heteroatoms. The first-order chi connectivity index (χ1) is 10.2. The van der Waals surface area contributed by atoms with E-state index in [4.69, 9.17) is 21.1 Å². The fourth-order valence-electron chi connectivity index (χ4n) is 1.84. The zero-order valence-electron chi connectivity index (χ0n) is 11.7. The quantitative estimate of drug-likeness (QED) is 0.792. The van der Waals surface area contributed by atoms with E-state index >= 15 is 0 Å². The van der Waals surface area contributed by atoms with Crippen LogP contribution in [0.1, 0.15) is 5.56 Å². The van der Waals surface area contributed by atoms with Crippen LogP contribution >= 0.6 is 11.6 Å². The molecule has 0 saturated carbocycles. The Labute approximate surface area is 128 Å². The van der Waals surface area contributed by atoms with E-state index in [9.17, 15) is 4.39 Å². The van der Waals surface area contributed by atoms with Crippen LogP contribution in [0.15, 0.2) is 42.5 Å². The molecule has 0 amide bonds. The van der Waals surface area contributed by atoms with Crippen LogP contribution in [0.4, 0.5) is 4.39 Å². The van der Waals surface area contributed by atoms with E-state index < -0.39 is 5.82 Å². The number of rotatable bonds is 7. The molecule has 3 nitrogen and oxygen atoms in total. The highest BCUT2D eigenvalue weighted by Crippen LogP contribution is 2.21. The van der Waals surface area contributed by atoms with Gasteiger partial charge >= 0.3 is 0 Å². The highest BCUT2D eigenvalue weighted by molar-refractivity contribution is 6.30. The van der Waals surface area contributed by atoms with Crippen LogP contribution in [0.2, 0.25) is 5.02 Å². The molecule has 0 aliphatic carbocycles. The van der Waals surface area contributed by atoms with Crippen molar-refractivity contribution in [2.45, 2.75) is 6.54 Å². The first kappa shape index (κ1) is 15.6. The maximum Gasteiger partial charge on any atom is 0.142 e. The number of hydrogen-bond donors (Lipinski definition) is 1. The molecule has 2 rings (SSSR count). The van der Waals surface area contributed by atoms with Crippen molar-refractivity contribution in [3.05, 3.63) is 58.9 Å². The lowest BCUT2D eigenvalue weighted by molar-refractivity contribution is 0.217. The van der Waals surface area contributed by atoms with Gasteiger partial charge in [0.2, 0.25) is 0 Å². The number of nitrogens with one attached hydrogen (secondary N) is 1. The fourth-order valence-corrected chi connectivity index (χ4v) is 2.01. The van der Waals surface area contributed by atoms with E-state index in [0.29, 0.717) is 19.0 Å². The lowest BCUT2D eigenvalue weighted by Crippen LogP contribution is -2.10. The number of hydrogen-bond acceptors (Lipinski definition) is 3. The second-order valence-corrected chi connectivity index (χ2v) is 4.86. The van der Waals surface area contributed by atoms with Crippen molar-refractivity contribution in [3.8, 4) is 11.5 Å². The Morgan fingerprint density at radius 3 is 2.43 bits per heavy atom. The zero-order chi connectivity index (χ0) is 15.1. The Bertz CT molecular complexity index is 592. The normalized spacial score (nSPS) is 10.4. The molecule has 21 heavy (non-hydrogen) atoms. The molecule has 112 valence electrons. The van der Waals surface area contributed by atoms with E-state index in [1.165, 1.54) is 18.2 Å². The maximum atomic E-state index is 13.0. The van der Waals surface area contributed by atoms with E-state index in [0.717, 1.165) is 17.9 Å². The van der Waals surface area contributed by atoms with Crippen LogP contribution < -0.4 is 14.8 Å². The highest BCUT2D eigenvalue weighted by Gasteiger charge is 2.02. The molecule has 2 aromatic carbocycles. The Kier molecular flexibility index (Phi) is 5.84. The van der Waals surface area contributed by atoms with Crippen molar-refractivity contribution in [2.24, 2.45) is 0 Å². The summed E-state index contributed by atoms with van der Waals surface area (Å²) in [4.78, 5) is 0. The van der Waals surface area contributed by atoms with Crippen molar-refractivity contribution in [1.82, 2.24) is 5.32 Å². The van der Waals surface area contributed by atoms with Gasteiger partial charge in [-0.05, 0) is 36.9 Å². The van der Waals surface area contributed by atoms with Gasteiger partial charge in [0, 0.05) is 12.6 Å². The van der Waals surface area contributed by atoms with Gasteiger partial charge in [0.25, 0.3) is 0 Å². The number of benzene rings is 2. The van der Waals surface area contributed by atoms with Crippen LogP contribution in [0.25, 0.3) is 0 Å². The van der Waals surface area contributed by atoms with E-state index in [1.54, 1.807) is 0 Å². The van der Waals surface area contributed by atoms with Crippen molar-refractivity contribution >= 4 is 11.6 Å². The van der Waals surface area contributed by atoms with E-state index in [-0.39, 0.29) is 5.02 Å². The van der Waals surface area contributed by atoms with Gasteiger partial charge in [0.15, 0.2) is 0 Å². The average Bonchev–Trinajstić information content (AvgIpc) is 2.48. The lowest BCUT2D eigenvalue weighted by Gasteiger charge is -2.10. The zero-order valence-corrected chi connectivity index (χ0v) is 12.5. The van der Waals surface area contributed by atoms with Gasteiger partial charge in [-0.25, -0.2) is 4.39 Å². The van der Waals surface area contributed by atoms with Crippen LogP contribution in [0.5, 0.6) is 11.5 Å². The number of halogens is 2. The predicted octanol–water partition coefficient (Wildman–Crippen LogP) is 3.66. The average molecular weight is 310 g/mol. The SMILES string of the molecule is CNCc1cccc(OCCOc2ccc(F)c(Cl)c2)c1. The summed E-state index contributed by atoms with van der Waals surface area (Å²) in [6.07, 6.45) is 0. The maximum absolute atomic E-state index is 13.0. The van der Waals surface area contributed by atoms with Gasteiger partial charge in [-0.3, -0.25) is 0 Å². The van der Waals surface area contributed by atoms with Gasteiger partial charge in [0.1, 0.15) is 30.5 Å². The summed E-state index contributed by atoms with van der Waals surface area (Å²) in [5, 5.41) is 3.14. The van der Waals surface area contributed by atoms with Crippen molar-refractivity contribution in [1.29, 1.82) is 0 Å². The Hall–Kier alpha value is -1.78. The summed E-state index contributed by atoms with van der Waals surface area (Å²) in [6, 6.07) is 12.1. The molecular weight excluding hydrogens is 293 g/mol. The van der Waals surface area contributed by atoms with Gasteiger partial charge in [-0.1, -0.05) is 23.7 Å². The second-order valence-electron chi connectivity index (χ2n) is 4.45. The molecule has 0 bridgehead atoms. The molecular formula is C16H17ClFNO2. The molecule has 0 aliphatic rings. The largest absolute Gasteiger partial charge is 0.490 e. The third kappa shape index (κ3) is 4.92. The first-order valence-corrected chi connectivity index (χ1v) is 7.01. The van der Waals surface area contributed by atoms with Gasteiger partial charge in [0.05, 0.1) is 5.02 Å². The third-order valence-corrected chi connectivity index (χ3v) is 3.08. The van der Waals surface area contributed by atoms with Crippen LogP contribution in [0, 0.1) is 5.82 Å². The molecule has 0 spiro atoms. The monoisotopic (exact) mass is 309 g/mol. The summed E-state index contributed by atoms with van der Waals surface area (Å²) in [5.74, 6) is 0.860. The van der Waals surface area contributed by atoms with Gasteiger partial charge in [-0.2, -0.15) is 0 Å². The molecule has 0 aromatic heterocycles. The minimum atomic E-state index is -0.457. The Morgan fingerprint density at radius 1 is 1.05 bits per heavy atom. The first-order valence-electron chi connectivity index (χ1n) is 6.63. The molecule has 0 fully saturated rings. The molecule has 0 radical (unpaired) electrons. The summed E-state index contributed by atoms with van der Waals surface area (Å²) < 4.78 is 24.1. The van der Waals surface area contributed by atoms with Crippen LogP contribution in [-0.2, 0) is 6.54 Å². The summed E-state index contributed by atoms with van der Waals surface area (Å²) in [6.45, 7) is 1.55. The van der Waals surface area contributed by atoms with Crippen molar-refractivity contribution in [2.75, 3.05) is 20.3 Å². The smallest absolute Gasteiger partial charge is 0.142 e. The second kappa shape index (κ2) is 7.86. The Morgan fingerprint density at radius 2 is 1.76 bits per heavy atom. The standard InChI is InChI=1S/C16H17ClFNO2/c1-19-11-12-3-2-4-13(9-12)20-7-8-21-14-5-6-16(18)15(17)10-14/h2-6,9-10,19H,7-8,11H2,1H3. The minimum absolute atomic E-state index is 0.0492. The summed E-state index contributed by atoms with van der Waals surface area (Å²) >= 11 is 5.68. The molecule has 0 saturated heterocycles. The minimum Gasteiger partial charge on any atom is -0.490 e. The Balaban J connectivity index is 1.79. The van der Waals surface area contributed by atoms with E-state index in [2.05, 4.69) is 5.32 Å². The summed E-state index contributed by atoms with van der Waals surface area (Å²) in [7, 11) is 1.90.